The van der Waals surface area contributed by atoms with Gasteiger partial charge in [0.15, 0.2) is 10.8 Å². The Balaban J connectivity index is 1.19. The molecule has 12 heteroatoms. The normalized spacial score (nSPS) is 22.2. The molecule has 1 aliphatic carbocycles. The minimum atomic E-state index is -4.01. The van der Waals surface area contributed by atoms with Crippen molar-refractivity contribution in [1.29, 1.82) is 0 Å². The van der Waals surface area contributed by atoms with Crippen molar-refractivity contribution in [1.82, 2.24) is 19.5 Å². The van der Waals surface area contributed by atoms with Crippen LogP contribution in [0.3, 0.4) is 0 Å². The molecule has 4 heterocycles. The van der Waals surface area contributed by atoms with Crippen LogP contribution in [0.5, 0.6) is 5.95 Å². The predicted octanol–water partition coefficient (Wildman–Crippen LogP) is 2.64. The third kappa shape index (κ3) is 4.67. The van der Waals surface area contributed by atoms with Crippen molar-refractivity contribution in [3.63, 3.8) is 0 Å². The fraction of sp³-hybridized carbons (Fsp3) is 0.407. The highest BCUT2D eigenvalue weighted by molar-refractivity contribution is 7.89. The van der Waals surface area contributed by atoms with Crippen molar-refractivity contribution in [3.05, 3.63) is 54.2 Å². The van der Waals surface area contributed by atoms with Crippen LogP contribution in [0.2, 0.25) is 0 Å². The zero-order chi connectivity index (χ0) is 27.3. The molecule has 2 aromatic heterocycles. The Kier molecular flexibility index (Phi) is 6.38. The van der Waals surface area contributed by atoms with Crippen LogP contribution in [0.4, 0.5) is 4.79 Å². The van der Waals surface area contributed by atoms with E-state index in [9.17, 15) is 22.8 Å². The minimum Gasteiger partial charge on any atom is -0.425 e. The van der Waals surface area contributed by atoms with Crippen LogP contribution in [0.1, 0.15) is 31.2 Å². The van der Waals surface area contributed by atoms with Gasteiger partial charge in [-0.1, -0.05) is 37.1 Å². The van der Waals surface area contributed by atoms with Crippen LogP contribution in [-0.2, 0) is 19.6 Å². The summed E-state index contributed by atoms with van der Waals surface area (Å²) in [6.07, 6.45) is 3.17. The molecule has 11 nitrogen and oxygen atoms in total. The monoisotopic (exact) mass is 552 g/mol. The van der Waals surface area contributed by atoms with Gasteiger partial charge in [0.25, 0.3) is 16.0 Å². The number of ether oxygens (including phenoxy) is 1. The van der Waals surface area contributed by atoms with Gasteiger partial charge in [0.2, 0.25) is 5.91 Å². The molecule has 1 aromatic carbocycles. The third-order valence-corrected chi connectivity index (χ3v) is 9.50. The van der Waals surface area contributed by atoms with Crippen LogP contribution in [0.15, 0.2) is 58.1 Å². The molecule has 2 aliphatic heterocycles. The van der Waals surface area contributed by atoms with E-state index >= 15 is 0 Å². The molecule has 3 aromatic rings. The molecule has 6 rings (SSSR count). The Bertz CT molecular complexity index is 1550. The summed E-state index contributed by atoms with van der Waals surface area (Å²) in [6, 6.07) is 9.36. The Hall–Kier alpha value is -3.77. The van der Waals surface area contributed by atoms with Crippen molar-refractivity contribution in [3.8, 4) is 5.95 Å². The number of Topliss-reactive ketones (excluding diaryl/α,β-unsaturated/α-hetero) is 1. The van der Waals surface area contributed by atoms with Gasteiger partial charge in [0.1, 0.15) is 17.7 Å². The van der Waals surface area contributed by atoms with Crippen molar-refractivity contribution in [2.24, 2.45) is 5.92 Å². The molecule has 0 bridgehead atoms. The van der Waals surface area contributed by atoms with Crippen LogP contribution in [-0.4, -0.2) is 71.6 Å². The van der Waals surface area contributed by atoms with E-state index in [4.69, 9.17) is 9.15 Å². The number of fused-ring (bicyclic) bond motifs is 2. The highest BCUT2D eigenvalue weighted by Crippen LogP contribution is 2.37. The third-order valence-electron chi connectivity index (χ3n) is 7.71. The Morgan fingerprint density at radius 3 is 2.64 bits per heavy atom. The number of carbonyl (C=O) groups is 3. The predicted molar refractivity (Wildman–Crippen MR) is 138 cm³/mol. The molecule has 3 fully saturated rings. The molecule has 1 N–H and O–H groups in total. The first-order valence-electron chi connectivity index (χ1n) is 13.0. The van der Waals surface area contributed by atoms with Gasteiger partial charge in [-0.2, -0.15) is 4.31 Å². The maximum absolute atomic E-state index is 13.7. The number of sulfonamides is 1. The number of rotatable bonds is 7. The highest BCUT2D eigenvalue weighted by Gasteiger charge is 2.54. The Morgan fingerprint density at radius 1 is 1.15 bits per heavy atom. The number of likely N-dealkylation sites (tertiary alicyclic amines) is 1. The van der Waals surface area contributed by atoms with Gasteiger partial charge in [-0.3, -0.25) is 9.59 Å². The van der Waals surface area contributed by atoms with E-state index < -0.39 is 40.1 Å². The molecule has 0 spiro atoms. The molecular formula is C27H28N4O7S. The number of para-hydroxylation sites is 1. The summed E-state index contributed by atoms with van der Waals surface area (Å²) in [5.41, 5.74) is 1.25. The van der Waals surface area contributed by atoms with Gasteiger partial charge in [-0.05, 0) is 43.9 Å². The molecule has 1 saturated carbocycles. The minimum absolute atomic E-state index is 0.0499. The van der Waals surface area contributed by atoms with Gasteiger partial charge in [0.05, 0.1) is 12.6 Å². The number of nitrogens with zero attached hydrogens (tertiary/aromatic N) is 3. The second-order valence-corrected chi connectivity index (χ2v) is 12.1. The van der Waals surface area contributed by atoms with Gasteiger partial charge >= 0.3 is 6.09 Å². The van der Waals surface area contributed by atoms with Crippen LogP contribution < -0.4 is 10.1 Å². The molecule has 2 saturated heterocycles. The van der Waals surface area contributed by atoms with Crippen molar-refractivity contribution in [2.75, 3.05) is 13.1 Å². The Morgan fingerprint density at radius 2 is 1.92 bits per heavy atom. The summed E-state index contributed by atoms with van der Waals surface area (Å²) < 4.78 is 38.7. The van der Waals surface area contributed by atoms with E-state index in [1.54, 1.807) is 25.1 Å². The first-order valence-corrected chi connectivity index (χ1v) is 14.4. The summed E-state index contributed by atoms with van der Waals surface area (Å²) in [5.74, 6) is -0.436. The quantitative estimate of drug-likeness (QED) is 0.472. The zero-order valence-electron chi connectivity index (χ0n) is 21.3. The molecule has 3 unspecified atom stereocenters. The number of amides is 2. The van der Waals surface area contributed by atoms with Crippen LogP contribution >= 0.6 is 0 Å². The maximum Gasteiger partial charge on any atom is 0.415 e. The van der Waals surface area contributed by atoms with Crippen molar-refractivity contribution >= 4 is 38.8 Å². The number of aryl methyl sites for hydroxylation is 1. The van der Waals surface area contributed by atoms with E-state index in [0.717, 1.165) is 22.5 Å². The summed E-state index contributed by atoms with van der Waals surface area (Å²) >= 11 is 0. The summed E-state index contributed by atoms with van der Waals surface area (Å²) in [4.78, 5) is 45.0. The SMILES string of the molecule is Cc1c(OC(=O)NC(CC2CC2)C(=O)N2CCC3C2C(=O)CN3S(=O)(=O)c2ccccn2)oc2ccccc12. The lowest BCUT2D eigenvalue weighted by atomic mass is 10.1. The summed E-state index contributed by atoms with van der Waals surface area (Å²) in [6.45, 7) is 1.66. The fourth-order valence-electron chi connectivity index (χ4n) is 5.57. The number of nitrogens with one attached hydrogen (secondary N) is 1. The number of carbonyl (C=O) groups excluding carboxylic acids is 3. The molecule has 0 radical (unpaired) electrons. The van der Waals surface area contributed by atoms with Crippen molar-refractivity contribution < 1.29 is 32.0 Å². The van der Waals surface area contributed by atoms with Crippen LogP contribution in [0, 0.1) is 12.8 Å². The number of pyridine rings is 1. The zero-order valence-corrected chi connectivity index (χ0v) is 22.1. The van der Waals surface area contributed by atoms with E-state index in [1.165, 1.54) is 17.2 Å². The van der Waals surface area contributed by atoms with Crippen LogP contribution in [0.25, 0.3) is 11.0 Å². The first-order chi connectivity index (χ1) is 18.7. The lowest BCUT2D eigenvalue weighted by Crippen LogP contribution is -2.53. The molecule has 39 heavy (non-hydrogen) atoms. The second-order valence-electron chi connectivity index (χ2n) is 10.3. The molecule has 3 aliphatic rings. The number of benzene rings is 1. The molecule has 3 atom stereocenters. The van der Waals surface area contributed by atoms with E-state index in [0.29, 0.717) is 24.0 Å². The van der Waals surface area contributed by atoms with Gasteiger partial charge in [-0.25, -0.2) is 18.2 Å². The lowest BCUT2D eigenvalue weighted by molar-refractivity contribution is -0.138. The largest absolute Gasteiger partial charge is 0.425 e. The average Bonchev–Trinajstić information content (AvgIpc) is 3.41. The second kappa shape index (κ2) is 9.76. The summed E-state index contributed by atoms with van der Waals surface area (Å²) in [7, 11) is -4.01. The average molecular weight is 553 g/mol. The van der Waals surface area contributed by atoms with E-state index in [2.05, 4.69) is 10.3 Å². The fourth-order valence-corrected chi connectivity index (χ4v) is 7.13. The topological polar surface area (TPSA) is 139 Å². The van der Waals surface area contributed by atoms with Gasteiger partial charge < -0.3 is 19.4 Å². The number of hydrogen-bond acceptors (Lipinski definition) is 8. The Labute approximate surface area is 225 Å². The smallest absolute Gasteiger partial charge is 0.415 e. The van der Waals surface area contributed by atoms with Gasteiger partial charge in [0, 0.05) is 23.7 Å². The standard InChI is InChI=1S/C27H28N4O7S/c1-16-18-6-2-3-7-22(18)37-26(16)38-27(34)29-19(14-17-9-10-17)25(33)30-13-11-20-24(30)21(32)15-31(20)39(35,36)23-8-4-5-12-28-23/h2-8,12,17,19-20,24H,9-11,13-15H2,1H3,(H,29,34). The lowest BCUT2D eigenvalue weighted by Gasteiger charge is -2.28. The first kappa shape index (κ1) is 25.5. The maximum atomic E-state index is 13.7. The number of aromatic nitrogens is 1. The number of hydrogen-bond donors (Lipinski definition) is 1. The number of furan rings is 1. The van der Waals surface area contributed by atoms with E-state index in [1.807, 2.05) is 18.2 Å². The molecular weight excluding hydrogens is 524 g/mol. The molecule has 2 amide bonds. The highest BCUT2D eigenvalue weighted by atomic mass is 32.2. The van der Waals surface area contributed by atoms with Gasteiger partial charge in [-0.15, -0.1) is 0 Å². The van der Waals surface area contributed by atoms with Crippen molar-refractivity contribution in [2.45, 2.75) is 55.8 Å². The number of ketones is 1. The summed E-state index contributed by atoms with van der Waals surface area (Å²) in [5, 5.41) is 3.36. The molecule has 204 valence electrons. The van der Waals surface area contributed by atoms with E-state index in [-0.39, 0.29) is 35.8 Å².